The molecule has 0 bridgehead atoms. The highest BCUT2D eigenvalue weighted by Gasteiger charge is 2.01. The molecule has 0 amide bonds. The van der Waals surface area contributed by atoms with Crippen molar-refractivity contribution in [3.05, 3.63) is 28.8 Å². The molecule has 0 saturated carbocycles. The van der Waals surface area contributed by atoms with Crippen molar-refractivity contribution in [2.75, 3.05) is 13.9 Å². The van der Waals surface area contributed by atoms with Crippen LogP contribution in [0.2, 0.25) is 5.02 Å². The average Bonchev–Trinajstić information content (AvgIpc) is 2.16. The van der Waals surface area contributed by atoms with Gasteiger partial charge in [0, 0.05) is 12.4 Å². The zero-order chi connectivity index (χ0) is 9.68. The molecule has 0 saturated heterocycles. The maximum Gasteiger partial charge on any atom is 0.188 e. The fourth-order valence-corrected chi connectivity index (χ4v) is 1.47. The number of ether oxygens (including phenoxy) is 2. The number of alkyl halides is 1. The van der Waals surface area contributed by atoms with Gasteiger partial charge in [0.15, 0.2) is 6.79 Å². The second kappa shape index (κ2) is 5.47. The summed E-state index contributed by atoms with van der Waals surface area (Å²) in [6.07, 6.45) is 0. The molecular formula is C9H10BrClO2. The van der Waals surface area contributed by atoms with Gasteiger partial charge in [0.25, 0.3) is 0 Å². The fourth-order valence-electron chi connectivity index (χ4n) is 0.867. The standard InChI is InChI=1S/C9H10BrClO2/c1-12-6-13-9-3-2-7(5-10)4-8(9)11/h2-4H,5-6H2,1H3. The molecule has 4 heteroatoms. The molecule has 0 radical (unpaired) electrons. The Morgan fingerprint density at radius 1 is 1.46 bits per heavy atom. The van der Waals surface area contributed by atoms with Crippen LogP contribution in [0.25, 0.3) is 0 Å². The highest BCUT2D eigenvalue weighted by Crippen LogP contribution is 2.26. The van der Waals surface area contributed by atoms with Gasteiger partial charge in [-0.3, -0.25) is 0 Å². The number of hydrogen-bond acceptors (Lipinski definition) is 2. The molecule has 0 aliphatic heterocycles. The first-order chi connectivity index (χ1) is 6.27. The third-order valence-electron chi connectivity index (χ3n) is 1.48. The summed E-state index contributed by atoms with van der Waals surface area (Å²) >= 11 is 9.29. The van der Waals surface area contributed by atoms with Gasteiger partial charge in [-0.05, 0) is 17.7 Å². The van der Waals surface area contributed by atoms with Gasteiger partial charge >= 0.3 is 0 Å². The molecule has 0 spiro atoms. The SMILES string of the molecule is COCOc1ccc(CBr)cc1Cl. The number of rotatable bonds is 4. The Hall–Kier alpha value is -0.250. The van der Waals surface area contributed by atoms with Crippen molar-refractivity contribution in [2.24, 2.45) is 0 Å². The molecule has 0 heterocycles. The van der Waals surface area contributed by atoms with Crippen LogP contribution in [-0.2, 0) is 10.1 Å². The van der Waals surface area contributed by atoms with E-state index in [0.717, 1.165) is 10.9 Å². The Morgan fingerprint density at radius 3 is 2.77 bits per heavy atom. The Balaban J connectivity index is 2.73. The van der Waals surface area contributed by atoms with Crippen molar-refractivity contribution < 1.29 is 9.47 Å². The summed E-state index contributed by atoms with van der Waals surface area (Å²) in [6.45, 7) is 0.216. The van der Waals surface area contributed by atoms with E-state index in [9.17, 15) is 0 Å². The second-order valence-corrected chi connectivity index (χ2v) is 3.42. The minimum Gasteiger partial charge on any atom is -0.466 e. The minimum atomic E-state index is 0.216. The van der Waals surface area contributed by atoms with Gasteiger partial charge in [0.1, 0.15) is 5.75 Å². The van der Waals surface area contributed by atoms with Crippen LogP contribution < -0.4 is 4.74 Å². The Kier molecular flexibility index (Phi) is 4.56. The number of methoxy groups -OCH3 is 1. The quantitative estimate of drug-likeness (QED) is 0.615. The summed E-state index contributed by atoms with van der Waals surface area (Å²) in [5.41, 5.74) is 1.12. The first kappa shape index (κ1) is 10.8. The summed E-state index contributed by atoms with van der Waals surface area (Å²) in [5.74, 6) is 0.646. The van der Waals surface area contributed by atoms with E-state index in [4.69, 9.17) is 21.1 Å². The number of halogens is 2. The second-order valence-electron chi connectivity index (χ2n) is 2.45. The largest absolute Gasteiger partial charge is 0.466 e. The zero-order valence-corrected chi connectivity index (χ0v) is 9.56. The summed E-state index contributed by atoms with van der Waals surface area (Å²) in [7, 11) is 1.57. The lowest BCUT2D eigenvalue weighted by molar-refractivity contribution is 0.0512. The van der Waals surface area contributed by atoms with E-state index in [1.165, 1.54) is 0 Å². The highest BCUT2D eigenvalue weighted by molar-refractivity contribution is 9.08. The summed E-state index contributed by atoms with van der Waals surface area (Å²) in [6, 6.07) is 5.64. The molecular weight excluding hydrogens is 255 g/mol. The molecule has 0 atom stereocenters. The van der Waals surface area contributed by atoms with Gasteiger partial charge in [0.05, 0.1) is 5.02 Å². The fraction of sp³-hybridized carbons (Fsp3) is 0.333. The van der Waals surface area contributed by atoms with E-state index in [0.29, 0.717) is 10.8 Å². The molecule has 0 aliphatic carbocycles. The van der Waals surface area contributed by atoms with Gasteiger partial charge in [-0.25, -0.2) is 0 Å². The van der Waals surface area contributed by atoms with Crippen LogP contribution in [0.4, 0.5) is 0 Å². The number of benzene rings is 1. The Morgan fingerprint density at radius 2 is 2.23 bits per heavy atom. The third-order valence-corrected chi connectivity index (χ3v) is 2.43. The van der Waals surface area contributed by atoms with Crippen LogP contribution in [0.5, 0.6) is 5.75 Å². The topological polar surface area (TPSA) is 18.5 Å². The Bertz CT molecular complexity index is 278. The molecule has 0 fully saturated rings. The molecule has 0 aromatic heterocycles. The monoisotopic (exact) mass is 264 g/mol. The van der Waals surface area contributed by atoms with Gasteiger partial charge in [-0.2, -0.15) is 0 Å². The van der Waals surface area contributed by atoms with Crippen molar-refractivity contribution in [2.45, 2.75) is 5.33 Å². The molecule has 1 aromatic rings. The molecule has 0 aliphatic rings. The zero-order valence-electron chi connectivity index (χ0n) is 7.22. The minimum absolute atomic E-state index is 0.216. The van der Waals surface area contributed by atoms with Crippen molar-refractivity contribution in [3.8, 4) is 5.75 Å². The molecule has 13 heavy (non-hydrogen) atoms. The van der Waals surface area contributed by atoms with E-state index in [1.54, 1.807) is 7.11 Å². The maximum atomic E-state index is 5.94. The molecule has 2 nitrogen and oxygen atoms in total. The molecule has 72 valence electrons. The van der Waals surface area contributed by atoms with Crippen LogP contribution in [0.1, 0.15) is 5.56 Å². The number of hydrogen-bond donors (Lipinski definition) is 0. The van der Waals surface area contributed by atoms with E-state index in [1.807, 2.05) is 18.2 Å². The molecule has 0 N–H and O–H groups in total. The maximum absolute atomic E-state index is 5.94. The Labute approximate surface area is 90.9 Å². The van der Waals surface area contributed by atoms with Gasteiger partial charge < -0.3 is 9.47 Å². The normalized spacial score (nSPS) is 10.1. The van der Waals surface area contributed by atoms with Crippen LogP contribution >= 0.6 is 27.5 Å². The van der Waals surface area contributed by atoms with Crippen molar-refractivity contribution >= 4 is 27.5 Å². The van der Waals surface area contributed by atoms with Crippen molar-refractivity contribution in [3.63, 3.8) is 0 Å². The molecule has 1 aromatic carbocycles. The smallest absolute Gasteiger partial charge is 0.188 e. The van der Waals surface area contributed by atoms with E-state index in [-0.39, 0.29) is 6.79 Å². The molecule has 0 unspecified atom stereocenters. The van der Waals surface area contributed by atoms with Crippen LogP contribution in [0.15, 0.2) is 18.2 Å². The van der Waals surface area contributed by atoms with E-state index in [2.05, 4.69) is 15.9 Å². The van der Waals surface area contributed by atoms with E-state index < -0.39 is 0 Å². The lowest BCUT2D eigenvalue weighted by atomic mass is 10.2. The molecule has 1 rings (SSSR count). The van der Waals surface area contributed by atoms with Crippen LogP contribution in [0.3, 0.4) is 0 Å². The van der Waals surface area contributed by atoms with Gasteiger partial charge in [-0.15, -0.1) is 0 Å². The highest BCUT2D eigenvalue weighted by atomic mass is 79.9. The third kappa shape index (κ3) is 3.18. The van der Waals surface area contributed by atoms with Crippen LogP contribution in [0, 0.1) is 0 Å². The first-order valence-corrected chi connectivity index (χ1v) is 5.24. The first-order valence-electron chi connectivity index (χ1n) is 3.74. The van der Waals surface area contributed by atoms with E-state index >= 15 is 0 Å². The van der Waals surface area contributed by atoms with Crippen molar-refractivity contribution in [1.82, 2.24) is 0 Å². The summed E-state index contributed by atoms with van der Waals surface area (Å²) in [4.78, 5) is 0. The van der Waals surface area contributed by atoms with Crippen LogP contribution in [-0.4, -0.2) is 13.9 Å². The summed E-state index contributed by atoms with van der Waals surface area (Å²) in [5, 5.41) is 1.39. The lowest BCUT2D eigenvalue weighted by Gasteiger charge is -2.07. The van der Waals surface area contributed by atoms with Gasteiger partial charge in [0.2, 0.25) is 0 Å². The summed E-state index contributed by atoms with van der Waals surface area (Å²) < 4.78 is 9.98. The van der Waals surface area contributed by atoms with Gasteiger partial charge in [-0.1, -0.05) is 33.6 Å². The van der Waals surface area contributed by atoms with Crippen molar-refractivity contribution in [1.29, 1.82) is 0 Å². The average molecular weight is 266 g/mol. The lowest BCUT2D eigenvalue weighted by Crippen LogP contribution is -1.99. The predicted molar refractivity (Wildman–Crippen MR) is 56.6 cm³/mol. The predicted octanol–water partition coefficient (Wildman–Crippen LogP) is 3.22.